The number of carbonyl (C=O) groups is 2. The van der Waals surface area contributed by atoms with Gasteiger partial charge in [0.15, 0.2) is 0 Å². The number of hydrogen-bond donors (Lipinski definition) is 1. The molecule has 2 amide bonds. The Morgan fingerprint density at radius 2 is 2.24 bits per heavy atom. The topological polar surface area (TPSA) is 49.4 Å². The molecule has 1 aromatic rings. The lowest BCUT2D eigenvalue weighted by atomic mass is 10.1. The number of carbonyl (C=O) groups excluding carboxylic acids is 2. The maximum absolute atomic E-state index is 11.6. The van der Waals surface area contributed by atoms with Gasteiger partial charge in [-0.3, -0.25) is 9.59 Å². The third-order valence-electron chi connectivity index (χ3n) is 2.80. The van der Waals surface area contributed by atoms with Gasteiger partial charge in [-0.15, -0.1) is 0 Å². The molecule has 0 radical (unpaired) electrons. The van der Waals surface area contributed by atoms with Crippen LogP contribution in [-0.4, -0.2) is 25.4 Å². The lowest BCUT2D eigenvalue weighted by molar-refractivity contribution is -0.117. The molecule has 5 heteroatoms. The zero-order valence-corrected chi connectivity index (χ0v) is 10.3. The quantitative estimate of drug-likeness (QED) is 0.873. The van der Waals surface area contributed by atoms with Crippen LogP contribution >= 0.6 is 11.6 Å². The number of benzene rings is 1. The lowest BCUT2D eigenvalue weighted by Gasteiger charge is -2.18. The number of nitrogens with one attached hydrogen (secondary N) is 1. The van der Waals surface area contributed by atoms with Gasteiger partial charge in [0.2, 0.25) is 5.91 Å². The van der Waals surface area contributed by atoms with Gasteiger partial charge in [-0.05, 0) is 24.6 Å². The van der Waals surface area contributed by atoms with Crippen LogP contribution in [0.1, 0.15) is 23.2 Å². The Balaban J connectivity index is 2.38. The molecule has 0 aromatic heterocycles. The van der Waals surface area contributed by atoms with Crippen LogP contribution < -0.4 is 10.2 Å². The summed E-state index contributed by atoms with van der Waals surface area (Å²) in [7, 11) is 1.57. The molecule has 0 bridgehead atoms. The Kier molecular flexibility index (Phi) is 3.33. The molecule has 1 N–H and O–H groups in total. The second-order valence-electron chi connectivity index (χ2n) is 3.89. The maximum Gasteiger partial charge on any atom is 0.251 e. The Hall–Kier alpha value is -1.55. The van der Waals surface area contributed by atoms with Crippen molar-refractivity contribution in [2.24, 2.45) is 0 Å². The summed E-state index contributed by atoms with van der Waals surface area (Å²) in [5.41, 5.74) is 1.13. The third-order valence-corrected chi connectivity index (χ3v) is 3.12. The summed E-state index contributed by atoms with van der Waals surface area (Å²) >= 11 is 6.06. The molecular weight excluding hydrogens is 240 g/mol. The summed E-state index contributed by atoms with van der Waals surface area (Å²) in [5, 5.41) is 3.04. The van der Waals surface area contributed by atoms with E-state index in [1.165, 1.54) is 0 Å². The summed E-state index contributed by atoms with van der Waals surface area (Å²) in [6, 6.07) is 4.95. The van der Waals surface area contributed by atoms with E-state index in [9.17, 15) is 9.59 Å². The van der Waals surface area contributed by atoms with Crippen LogP contribution in [0, 0.1) is 0 Å². The van der Waals surface area contributed by atoms with Gasteiger partial charge in [-0.25, -0.2) is 0 Å². The van der Waals surface area contributed by atoms with E-state index in [1.807, 2.05) is 0 Å². The summed E-state index contributed by atoms with van der Waals surface area (Å²) in [6.07, 6.45) is 1.37. The van der Waals surface area contributed by atoms with E-state index in [0.29, 0.717) is 29.2 Å². The smallest absolute Gasteiger partial charge is 0.251 e. The highest BCUT2D eigenvalue weighted by atomic mass is 35.5. The molecule has 0 saturated carbocycles. The molecular formula is C12H13ClN2O2. The molecule has 90 valence electrons. The molecule has 1 aliphatic heterocycles. The Morgan fingerprint density at radius 1 is 1.47 bits per heavy atom. The molecule has 0 aliphatic carbocycles. The number of anilines is 1. The average molecular weight is 253 g/mol. The van der Waals surface area contributed by atoms with Crippen molar-refractivity contribution in [2.45, 2.75) is 12.8 Å². The minimum Gasteiger partial charge on any atom is -0.355 e. The fraction of sp³-hybridized carbons (Fsp3) is 0.333. The Labute approximate surface area is 105 Å². The SMILES string of the molecule is CNC(=O)c1ccc(Cl)c(N2CCCC2=O)c1. The first-order valence-electron chi connectivity index (χ1n) is 5.45. The number of nitrogens with zero attached hydrogens (tertiary/aromatic N) is 1. The van der Waals surface area contributed by atoms with Crippen molar-refractivity contribution in [1.29, 1.82) is 0 Å². The highest BCUT2D eigenvalue weighted by Gasteiger charge is 2.24. The molecule has 0 atom stereocenters. The van der Waals surface area contributed by atoms with Crippen molar-refractivity contribution in [3.63, 3.8) is 0 Å². The average Bonchev–Trinajstić information content (AvgIpc) is 2.75. The minimum absolute atomic E-state index is 0.0564. The Bertz CT molecular complexity index is 474. The molecule has 17 heavy (non-hydrogen) atoms. The van der Waals surface area contributed by atoms with E-state index in [0.717, 1.165) is 6.42 Å². The standard InChI is InChI=1S/C12H13ClN2O2/c1-14-12(17)8-4-5-9(13)10(7-8)15-6-2-3-11(15)16/h4-5,7H,2-3,6H2,1H3,(H,14,17). The fourth-order valence-corrected chi connectivity index (χ4v) is 2.13. The number of rotatable bonds is 2. The van der Waals surface area contributed by atoms with Crippen molar-refractivity contribution in [3.8, 4) is 0 Å². The summed E-state index contributed by atoms with van der Waals surface area (Å²) in [4.78, 5) is 24.8. The minimum atomic E-state index is -0.186. The molecule has 0 unspecified atom stereocenters. The van der Waals surface area contributed by atoms with Crippen molar-refractivity contribution in [3.05, 3.63) is 28.8 Å². The first kappa shape index (κ1) is 11.9. The van der Waals surface area contributed by atoms with E-state index in [-0.39, 0.29) is 11.8 Å². The Morgan fingerprint density at radius 3 is 2.82 bits per heavy atom. The second kappa shape index (κ2) is 4.75. The summed E-state index contributed by atoms with van der Waals surface area (Å²) in [6.45, 7) is 0.662. The zero-order valence-electron chi connectivity index (χ0n) is 9.50. The molecule has 1 aliphatic rings. The predicted molar refractivity (Wildman–Crippen MR) is 66.4 cm³/mol. The molecule has 1 saturated heterocycles. The molecule has 1 fully saturated rings. The zero-order chi connectivity index (χ0) is 12.4. The molecule has 1 heterocycles. The van der Waals surface area contributed by atoms with Crippen LogP contribution in [0.25, 0.3) is 0 Å². The third kappa shape index (κ3) is 2.26. The van der Waals surface area contributed by atoms with Crippen molar-refractivity contribution in [2.75, 3.05) is 18.5 Å². The second-order valence-corrected chi connectivity index (χ2v) is 4.30. The first-order valence-corrected chi connectivity index (χ1v) is 5.83. The summed E-state index contributed by atoms with van der Waals surface area (Å²) < 4.78 is 0. The molecule has 1 aromatic carbocycles. The number of halogens is 1. The lowest BCUT2D eigenvalue weighted by Crippen LogP contribution is -2.25. The van der Waals surface area contributed by atoms with Crippen LogP contribution in [-0.2, 0) is 4.79 Å². The molecule has 0 spiro atoms. The van der Waals surface area contributed by atoms with Crippen molar-refractivity contribution in [1.82, 2.24) is 5.32 Å². The van der Waals surface area contributed by atoms with Gasteiger partial charge in [0.25, 0.3) is 5.91 Å². The van der Waals surface area contributed by atoms with Gasteiger partial charge in [0.05, 0.1) is 10.7 Å². The van der Waals surface area contributed by atoms with Gasteiger partial charge < -0.3 is 10.2 Å². The van der Waals surface area contributed by atoms with Crippen LogP contribution in [0.5, 0.6) is 0 Å². The number of amides is 2. The first-order chi connectivity index (χ1) is 8.13. The van der Waals surface area contributed by atoms with Crippen LogP contribution in [0.2, 0.25) is 5.02 Å². The van der Waals surface area contributed by atoms with Crippen LogP contribution in [0.15, 0.2) is 18.2 Å². The van der Waals surface area contributed by atoms with Gasteiger partial charge in [0, 0.05) is 25.6 Å². The van der Waals surface area contributed by atoms with E-state index in [2.05, 4.69) is 5.32 Å². The van der Waals surface area contributed by atoms with Gasteiger partial charge in [0.1, 0.15) is 0 Å². The highest BCUT2D eigenvalue weighted by molar-refractivity contribution is 6.34. The van der Waals surface area contributed by atoms with E-state index >= 15 is 0 Å². The van der Waals surface area contributed by atoms with E-state index in [4.69, 9.17) is 11.6 Å². The van der Waals surface area contributed by atoms with Gasteiger partial charge in [-0.2, -0.15) is 0 Å². The largest absolute Gasteiger partial charge is 0.355 e. The van der Waals surface area contributed by atoms with Gasteiger partial charge in [-0.1, -0.05) is 11.6 Å². The molecule has 2 rings (SSSR count). The fourth-order valence-electron chi connectivity index (χ4n) is 1.91. The molecule has 4 nitrogen and oxygen atoms in total. The van der Waals surface area contributed by atoms with Gasteiger partial charge >= 0.3 is 0 Å². The van der Waals surface area contributed by atoms with E-state index < -0.39 is 0 Å². The predicted octanol–water partition coefficient (Wildman–Crippen LogP) is 1.83. The normalized spacial score (nSPS) is 15.2. The highest BCUT2D eigenvalue weighted by Crippen LogP contribution is 2.30. The maximum atomic E-state index is 11.6. The van der Waals surface area contributed by atoms with Crippen LogP contribution in [0.3, 0.4) is 0 Å². The monoisotopic (exact) mass is 252 g/mol. The summed E-state index contributed by atoms with van der Waals surface area (Å²) in [5.74, 6) is -0.129. The van der Waals surface area contributed by atoms with E-state index in [1.54, 1.807) is 30.1 Å². The number of hydrogen-bond acceptors (Lipinski definition) is 2. The van der Waals surface area contributed by atoms with Crippen LogP contribution in [0.4, 0.5) is 5.69 Å². The van der Waals surface area contributed by atoms with Crippen molar-refractivity contribution >= 4 is 29.1 Å². The van der Waals surface area contributed by atoms with Crippen molar-refractivity contribution < 1.29 is 9.59 Å².